The van der Waals surface area contributed by atoms with E-state index in [0.717, 1.165) is 30.8 Å². The van der Waals surface area contributed by atoms with Crippen molar-refractivity contribution in [2.24, 2.45) is 11.8 Å². The number of imide groups is 1. The van der Waals surface area contributed by atoms with Crippen LogP contribution in [-0.2, 0) is 22.7 Å². The molecule has 1 aromatic rings. The van der Waals surface area contributed by atoms with Crippen LogP contribution in [0.25, 0.3) is 0 Å². The first kappa shape index (κ1) is 18.8. The maximum atomic E-state index is 13.0. The van der Waals surface area contributed by atoms with Crippen molar-refractivity contribution in [1.82, 2.24) is 20.9 Å². The van der Waals surface area contributed by atoms with E-state index in [9.17, 15) is 14.4 Å². The molecule has 3 amide bonds. The summed E-state index contributed by atoms with van der Waals surface area (Å²) in [4.78, 5) is 38.2. The van der Waals surface area contributed by atoms with Gasteiger partial charge in [-0.2, -0.15) is 0 Å². The number of benzene rings is 1. The first-order valence-electron chi connectivity index (χ1n) is 10.8. The Morgan fingerprint density at radius 2 is 1.86 bits per heavy atom. The van der Waals surface area contributed by atoms with E-state index >= 15 is 0 Å². The molecule has 2 saturated heterocycles. The summed E-state index contributed by atoms with van der Waals surface area (Å²) >= 11 is 0. The Balaban J connectivity index is 1.27. The van der Waals surface area contributed by atoms with E-state index in [4.69, 9.17) is 0 Å². The molecule has 0 radical (unpaired) electrons. The minimum absolute atomic E-state index is 0.102. The lowest BCUT2D eigenvalue weighted by atomic mass is 9.74. The zero-order valence-corrected chi connectivity index (χ0v) is 16.6. The van der Waals surface area contributed by atoms with Crippen molar-refractivity contribution in [3.05, 3.63) is 34.9 Å². The maximum Gasteiger partial charge on any atom is 0.255 e. The SMILES string of the molecule is O=C1CCC(N2Cc3ccc(CNC4C5CCCC4CNC5)cc3C2=O)C(=O)N1. The number of rotatable bonds is 4. The van der Waals surface area contributed by atoms with E-state index < -0.39 is 6.04 Å². The molecule has 5 rings (SSSR count). The van der Waals surface area contributed by atoms with Gasteiger partial charge < -0.3 is 15.5 Å². The van der Waals surface area contributed by atoms with E-state index in [1.54, 1.807) is 4.90 Å². The van der Waals surface area contributed by atoms with Crippen LogP contribution in [0.15, 0.2) is 18.2 Å². The Morgan fingerprint density at radius 3 is 2.62 bits per heavy atom. The second kappa shape index (κ2) is 7.54. The van der Waals surface area contributed by atoms with Crippen LogP contribution >= 0.6 is 0 Å². The fraction of sp³-hybridized carbons (Fsp3) is 0.591. The van der Waals surface area contributed by atoms with Crippen molar-refractivity contribution in [3.8, 4) is 0 Å². The summed E-state index contributed by atoms with van der Waals surface area (Å²) in [6, 6.07) is 6.08. The van der Waals surface area contributed by atoms with Crippen molar-refractivity contribution in [2.45, 2.75) is 57.3 Å². The molecule has 3 N–H and O–H groups in total. The summed E-state index contributed by atoms with van der Waals surface area (Å²) in [5, 5.41) is 9.67. The quantitative estimate of drug-likeness (QED) is 0.659. The van der Waals surface area contributed by atoms with Crippen molar-refractivity contribution >= 4 is 17.7 Å². The smallest absolute Gasteiger partial charge is 0.255 e. The molecule has 7 heteroatoms. The molecule has 3 atom stereocenters. The Kier molecular flexibility index (Phi) is 4.87. The summed E-state index contributed by atoms with van der Waals surface area (Å²) in [5.41, 5.74) is 2.76. The third-order valence-electron chi connectivity index (χ3n) is 7.11. The van der Waals surface area contributed by atoms with Crippen molar-refractivity contribution in [3.63, 3.8) is 0 Å². The number of hydrogen-bond donors (Lipinski definition) is 3. The third kappa shape index (κ3) is 3.46. The average molecular weight is 396 g/mol. The van der Waals surface area contributed by atoms with Crippen LogP contribution in [0.1, 0.15) is 53.6 Å². The number of hydrogen-bond acceptors (Lipinski definition) is 5. The van der Waals surface area contributed by atoms with Gasteiger partial charge in [-0.1, -0.05) is 18.6 Å². The highest BCUT2D eigenvalue weighted by molar-refractivity contribution is 6.05. The molecular weight excluding hydrogens is 368 g/mol. The predicted octanol–water partition coefficient (Wildman–Crippen LogP) is 0.925. The summed E-state index contributed by atoms with van der Waals surface area (Å²) in [6.07, 6.45) is 4.58. The third-order valence-corrected chi connectivity index (χ3v) is 7.11. The molecule has 3 aliphatic heterocycles. The van der Waals surface area contributed by atoms with Crippen molar-refractivity contribution < 1.29 is 14.4 Å². The molecule has 1 aromatic carbocycles. The van der Waals surface area contributed by atoms with Crippen LogP contribution in [0.5, 0.6) is 0 Å². The number of fused-ring (bicyclic) bond motifs is 3. The lowest BCUT2D eigenvalue weighted by Crippen LogP contribution is -2.55. The van der Waals surface area contributed by atoms with E-state index in [2.05, 4.69) is 22.0 Å². The number of nitrogens with one attached hydrogen (secondary N) is 3. The highest BCUT2D eigenvalue weighted by atomic mass is 16.2. The van der Waals surface area contributed by atoms with Crippen LogP contribution in [0.4, 0.5) is 0 Å². The Labute approximate surface area is 170 Å². The largest absolute Gasteiger partial charge is 0.322 e. The molecule has 4 aliphatic rings. The molecule has 3 fully saturated rings. The Hall–Kier alpha value is -2.25. The molecular formula is C22H28N4O3. The lowest BCUT2D eigenvalue weighted by Gasteiger charge is -2.43. The minimum atomic E-state index is -0.553. The van der Waals surface area contributed by atoms with Crippen molar-refractivity contribution in [2.75, 3.05) is 13.1 Å². The van der Waals surface area contributed by atoms with Gasteiger partial charge in [0.15, 0.2) is 0 Å². The van der Waals surface area contributed by atoms with Crippen molar-refractivity contribution in [1.29, 1.82) is 0 Å². The highest BCUT2D eigenvalue weighted by Crippen LogP contribution is 2.32. The Bertz CT molecular complexity index is 832. The topological polar surface area (TPSA) is 90.5 Å². The second-order valence-electron chi connectivity index (χ2n) is 8.91. The first-order valence-corrected chi connectivity index (χ1v) is 10.8. The predicted molar refractivity (Wildman–Crippen MR) is 107 cm³/mol. The molecule has 7 nitrogen and oxygen atoms in total. The van der Waals surface area contributed by atoms with Gasteiger partial charge in [0, 0.05) is 31.1 Å². The van der Waals surface area contributed by atoms with E-state index in [1.807, 2.05) is 12.1 Å². The van der Waals surface area contributed by atoms with Gasteiger partial charge in [-0.05, 0) is 61.4 Å². The average Bonchev–Trinajstić information content (AvgIpc) is 3.02. The zero-order valence-electron chi connectivity index (χ0n) is 16.6. The maximum absolute atomic E-state index is 13.0. The summed E-state index contributed by atoms with van der Waals surface area (Å²) in [6.45, 7) is 3.39. The minimum Gasteiger partial charge on any atom is -0.322 e. The zero-order chi connectivity index (χ0) is 20.0. The first-order chi connectivity index (χ1) is 14.1. The lowest BCUT2D eigenvalue weighted by molar-refractivity contribution is -0.136. The van der Waals surface area contributed by atoms with Crippen LogP contribution in [-0.4, -0.2) is 47.8 Å². The normalized spacial score (nSPS) is 31.6. The number of carbonyl (C=O) groups excluding carboxylic acids is 3. The standard InChI is InChI=1S/C22H28N4O3/c27-19-7-6-18(21(28)25-19)26-12-16-5-4-13(8-17(16)22(26)29)9-24-20-14-2-1-3-15(20)11-23-10-14/h4-5,8,14-15,18,20,23-24H,1-3,6-7,9-12H2,(H,25,27,28). The molecule has 3 heterocycles. The fourth-order valence-corrected chi connectivity index (χ4v) is 5.58. The van der Waals surface area contributed by atoms with Gasteiger partial charge >= 0.3 is 0 Å². The summed E-state index contributed by atoms with van der Waals surface area (Å²) < 4.78 is 0. The number of nitrogens with zero attached hydrogens (tertiary/aromatic N) is 1. The molecule has 1 aliphatic carbocycles. The van der Waals surface area contributed by atoms with Gasteiger partial charge in [-0.25, -0.2) is 0 Å². The number of amides is 3. The molecule has 0 spiro atoms. The number of piperidine rings is 2. The molecule has 0 aromatic heterocycles. The van der Waals surface area contributed by atoms with Crippen LogP contribution in [0, 0.1) is 11.8 Å². The molecule has 154 valence electrons. The van der Waals surface area contributed by atoms with E-state index in [0.29, 0.717) is 36.4 Å². The second-order valence-corrected chi connectivity index (χ2v) is 8.91. The van der Waals surface area contributed by atoms with Gasteiger partial charge in [0.25, 0.3) is 5.91 Å². The van der Waals surface area contributed by atoms with Gasteiger partial charge in [0.2, 0.25) is 11.8 Å². The van der Waals surface area contributed by atoms with Crippen LogP contribution < -0.4 is 16.0 Å². The van der Waals surface area contributed by atoms with Gasteiger partial charge in [0.05, 0.1) is 0 Å². The van der Waals surface area contributed by atoms with E-state index in [-0.39, 0.29) is 24.1 Å². The van der Waals surface area contributed by atoms with Crippen LogP contribution in [0.2, 0.25) is 0 Å². The van der Waals surface area contributed by atoms with Gasteiger partial charge in [-0.3, -0.25) is 19.7 Å². The van der Waals surface area contributed by atoms with Gasteiger partial charge in [-0.15, -0.1) is 0 Å². The molecule has 3 unspecified atom stereocenters. The summed E-state index contributed by atoms with van der Waals surface area (Å²) in [7, 11) is 0. The highest BCUT2D eigenvalue weighted by Gasteiger charge is 2.39. The monoisotopic (exact) mass is 396 g/mol. The van der Waals surface area contributed by atoms with Gasteiger partial charge in [0.1, 0.15) is 6.04 Å². The molecule has 29 heavy (non-hydrogen) atoms. The number of carbonyl (C=O) groups is 3. The Morgan fingerprint density at radius 1 is 1.07 bits per heavy atom. The van der Waals surface area contributed by atoms with E-state index in [1.165, 1.54) is 19.3 Å². The van der Waals surface area contributed by atoms with Crippen LogP contribution in [0.3, 0.4) is 0 Å². The summed E-state index contributed by atoms with van der Waals surface area (Å²) in [5.74, 6) is 0.673. The molecule has 2 bridgehead atoms. The molecule has 1 saturated carbocycles. The fourth-order valence-electron chi connectivity index (χ4n) is 5.58.